The molecule has 150 valence electrons. The number of benzene rings is 1. The van der Waals surface area contributed by atoms with E-state index in [1.807, 2.05) is 12.3 Å². The molecule has 0 unspecified atom stereocenters. The van der Waals surface area contributed by atoms with Crippen molar-refractivity contribution in [3.05, 3.63) is 47.1 Å². The molecule has 10 heteroatoms. The van der Waals surface area contributed by atoms with Crippen molar-refractivity contribution in [2.75, 3.05) is 23.4 Å². The predicted molar refractivity (Wildman–Crippen MR) is 106 cm³/mol. The van der Waals surface area contributed by atoms with Crippen molar-refractivity contribution in [1.29, 1.82) is 0 Å². The van der Waals surface area contributed by atoms with Crippen LogP contribution in [0.4, 0.5) is 24.5 Å². The molecule has 3 aromatic rings. The minimum atomic E-state index is -2.97. The fourth-order valence-electron chi connectivity index (χ4n) is 2.84. The number of rotatable bonds is 3. The number of nitrogens with zero attached hydrogens (tertiary/aromatic N) is 4. The number of ether oxygens (including phenoxy) is 1. The molecular weight excluding hydrogens is 400 g/mol. The number of urea groups is 1. The number of alkyl halides is 2. The van der Waals surface area contributed by atoms with E-state index in [4.69, 9.17) is 4.74 Å². The lowest BCUT2D eigenvalue weighted by Crippen LogP contribution is -2.41. The second-order valence-electron chi connectivity index (χ2n) is 6.58. The van der Waals surface area contributed by atoms with Gasteiger partial charge in [0.2, 0.25) is 5.82 Å². The van der Waals surface area contributed by atoms with Crippen LogP contribution in [0.15, 0.2) is 35.8 Å². The van der Waals surface area contributed by atoms with Gasteiger partial charge in [-0.3, -0.25) is 10.2 Å². The molecule has 0 radical (unpaired) electrons. The van der Waals surface area contributed by atoms with Crippen LogP contribution in [0.1, 0.15) is 18.2 Å². The molecule has 7 nitrogen and oxygen atoms in total. The molecule has 0 spiro atoms. The van der Waals surface area contributed by atoms with Gasteiger partial charge in [0.1, 0.15) is 6.61 Å². The average molecular weight is 417 g/mol. The molecule has 1 aliphatic rings. The molecular formula is C19H17F2N5O2S. The number of aromatic nitrogens is 3. The highest BCUT2D eigenvalue weighted by atomic mass is 32.1. The van der Waals surface area contributed by atoms with E-state index >= 15 is 0 Å². The van der Waals surface area contributed by atoms with E-state index in [0.29, 0.717) is 16.4 Å². The van der Waals surface area contributed by atoms with Gasteiger partial charge in [-0.15, -0.1) is 11.3 Å². The highest BCUT2D eigenvalue weighted by molar-refractivity contribution is 7.13. The van der Waals surface area contributed by atoms with Crippen LogP contribution in [0.2, 0.25) is 0 Å². The normalized spacial score (nSPS) is 13.6. The maximum absolute atomic E-state index is 13.7. The summed E-state index contributed by atoms with van der Waals surface area (Å²) in [4.78, 5) is 27.1. The van der Waals surface area contributed by atoms with E-state index in [1.165, 1.54) is 40.6 Å². The van der Waals surface area contributed by atoms with Crippen molar-refractivity contribution >= 4 is 28.3 Å². The topological polar surface area (TPSA) is 80.2 Å². The smallest absolute Gasteiger partial charge is 0.329 e. The highest BCUT2D eigenvalue weighted by Crippen LogP contribution is 2.33. The van der Waals surface area contributed by atoms with Crippen LogP contribution in [0, 0.1) is 6.92 Å². The third-order valence-electron chi connectivity index (χ3n) is 4.27. The Balaban J connectivity index is 1.66. The molecule has 0 saturated heterocycles. The van der Waals surface area contributed by atoms with Crippen molar-refractivity contribution in [2.45, 2.75) is 19.8 Å². The Bertz CT molecular complexity index is 1070. The summed E-state index contributed by atoms with van der Waals surface area (Å²) >= 11 is 1.32. The number of carbonyl (C=O) groups excluding carboxylic acids is 1. The molecule has 1 aliphatic heterocycles. The SMILES string of the molecule is Cc1csc(NC(=O)N2CCOc3ncc(-c4cccc(C(C)(F)F)c4)nc32)n1. The molecule has 0 aliphatic carbocycles. The summed E-state index contributed by atoms with van der Waals surface area (Å²) in [7, 11) is 0. The summed E-state index contributed by atoms with van der Waals surface area (Å²) < 4.78 is 32.9. The van der Waals surface area contributed by atoms with E-state index in [-0.39, 0.29) is 30.4 Å². The second-order valence-corrected chi connectivity index (χ2v) is 7.44. The van der Waals surface area contributed by atoms with Gasteiger partial charge in [-0.1, -0.05) is 18.2 Å². The van der Waals surface area contributed by atoms with Crippen molar-refractivity contribution in [3.63, 3.8) is 0 Å². The van der Waals surface area contributed by atoms with E-state index in [1.54, 1.807) is 6.07 Å². The first-order chi connectivity index (χ1) is 13.8. The molecule has 3 heterocycles. The maximum atomic E-state index is 13.7. The van der Waals surface area contributed by atoms with Gasteiger partial charge in [-0.2, -0.15) is 0 Å². The van der Waals surface area contributed by atoms with Crippen LogP contribution < -0.4 is 15.0 Å². The van der Waals surface area contributed by atoms with Crippen molar-refractivity contribution in [2.24, 2.45) is 0 Å². The van der Waals surface area contributed by atoms with Crippen LogP contribution in [-0.4, -0.2) is 34.1 Å². The zero-order valence-corrected chi connectivity index (χ0v) is 16.5. The lowest BCUT2D eigenvalue weighted by molar-refractivity contribution is 0.0175. The van der Waals surface area contributed by atoms with Gasteiger partial charge in [-0.25, -0.2) is 28.5 Å². The monoisotopic (exact) mass is 417 g/mol. The molecule has 0 atom stereocenters. The molecule has 4 rings (SSSR count). The quantitative estimate of drug-likeness (QED) is 0.681. The van der Waals surface area contributed by atoms with Crippen molar-refractivity contribution < 1.29 is 18.3 Å². The summed E-state index contributed by atoms with van der Waals surface area (Å²) in [6.45, 7) is 3.21. The number of anilines is 2. The molecule has 0 saturated carbocycles. The summed E-state index contributed by atoms with van der Waals surface area (Å²) in [6, 6.07) is 5.51. The number of thiazole rings is 1. The Morgan fingerprint density at radius 3 is 2.90 bits per heavy atom. The number of hydrogen-bond donors (Lipinski definition) is 1. The van der Waals surface area contributed by atoms with E-state index in [9.17, 15) is 13.6 Å². The van der Waals surface area contributed by atoms with Crippen molar-refractivity contribution in [3.8, 4) is 17.1 Å². The molecule has 2 aromatic heterocycles. The fourth-order valence-corrected chi connectivity index (χ4v) is 3.52. The van der Waals surface area contributed by atoms with Crippen LogP contribution >= 0.6 is 11.3 Å². The van der Waals surface area contributed by atoms with Crippen LogP contribution in [0.25, 0.3) is 11.3 Å². The minimum Gasteiger partial charge on any atom is -0.473 e. The summed E-state index contributed by atoms with van der Waals surface area (Å²) in [5.41, 5.74) is 1.52. The number of nitrogens with one attached hydrogen (secondary N) is 1. The lowest BCUT2D eigenvalue weighted by atomic mass is 10.0. The van der Waals surface area contributed by atoms with Gasteiger partial charge in [0, 0.05) is 23.4 Å². The molecule has 0 fully saturated rings. The van der Waals surface area contributed by atoms with Crippen LogP contribution in [-0.2, 0) is 5.92 Å². The zero-order chi connectivity index (χ0) is 20.6. The van der Waals surface area contributed by atoms with E-state index in [2.05, 4.69) is 20.3 Å². The fraction of sp³-hybridized carbons (Fsp3) is 0.263. The lowest BCUT2D eigenvalue weighted by Gasteiger charge is -2.27. The first-order valence-corrected chi connectivity index (χ1v) is 9.68. The third kappa shape index (κ3) is 4.02. The van der Waals surface area contributed by atoms with Gasteiger partial charge in [0.25, 0.3) is 11.8 Å². The predicted octanol–water partition coefficient (Wildman–Crippen LogP) is 4.45. The van der Waals surface area contributed by atoms with Crippen molar-refractivity contribution in [1.82, 2.24) is 15.0 Å². The Labute approximate surface area is 169 Å². The standard InChI is InChI=1S/C19H17F2N5O2S/c1-11-10-29-17(23-11)25-18(27)26-6-7-28-16-15(26)24-14(9-22-16)12-4-3-5-13(8-12)19(2,20)21/h3-5,8-10H,6-7H2,1-2H3,(H,23,25,27). The number of halogens is 2. The van der Waals surface area contributed by atoms with E-state index in [0.717, 1.165) is 12.6 Å². The van der Waals surface area contributed by atoms with Gasteiger partial charge in [0.15, 0.2) is 5.13 Å². The first kappa shape index (κ1) is 19.2. The zero-order valence-electron chi connectivity index (χ0n) is 15.6. The van der Waals surface area contributed by atoms with Crippen LogP contribution in [0.5, 0.6) is 5.88 Å². The minimum absolute atomic E-state index is 0.125. The number of fused-ring (bicyclic) bond motifs is 1. The van der Waals surface area contributed by atoms with Gasteiger partial charge in [0.05, 0.1) is 24.1 Å². The molecule has 1 aromatic carbocycles. The largest absolute Gasteiger partial charge is 0.473 e. The Hall–Kier alpha value is -3.14. The van der Waals surface area contributed by atoms with Gasteiger partial charge < -0.3 is 4.74 Å². The van der Waals surface area contributed by atoms with E-state index < -0.39 is 12.0 Å². The molecule has 2 amide bonds. The molecule has 0 bridgehead atoms. The summed E-state index contributed by atoms with van der Waals surface area (Å²) in [5.74, 6) is -2.53. The number of aryl methyl sites for hydroxylation is 1. The number of hydrogen-bond acceptors (Lipinski definition) is 6. The summed E-state index contributed by atoms with van der Waals surface area (Å²) in [6.07, 6.45) is 1.44. The molecule has 1 N–H and O–H groups in total. The van der Waals surface area contributed by atoms with Gasteiger partial charge in [-0.05, 0) is 13.0 Å². The second kappa shape index (κ2) is 7.36. The third-order valence-corrected chi connectivity index (χ3v) is 5.15. The summed E-state index contributed by atoms with van der Waals surface area (Å²) in [5, 5.41) is 5.04. The highest BCUT2D eigenvalue weighted by Gasteiger charge is 2.28. The Morgan fingerprint density at radius 1 is 1.34 bits per heavy atom. The average Bonchev–Trinajstić information content (AvgIpc) is 3.11. The van der Waals surface area contributed by atoms with Crippen LogP contribution in [0.3, 0.4) is 0 Å². The first-order valence-electron chi connectivity index (χ1n) is 8.80. The number of carbonyl (C=O) groups is 1. The number of amides is 2. The Morgan fingerprint density at radius 2 is 2.17 bits per heavy atom. The van der Waals surface area contributed by atoms with Gasteiger partial charge >= 0.3 is 6.03 Å². The molecule has 29 heavy (non-hydrogen) atoms. The maximum Gasteiger partial charge on any atom is 0.329 e. The Kier molecular flexibility index (Phi) is 4.87.